The van der Waals surface area contributed by atoms with E-state index in [1.165, 1.54) is 5.56 Å². The number of rotatable bonds is 3. The third-order valence-electron chi connectivity index (χ3n) is 3.63. The van der Waals surface area contributed by atoms with Crippen molar-refractivity contribution in [2.45, 2.75) is 12.5 Å². The number of nitriles is 1. The summed E-state index contributed by atoms with van der Waals surface area (Å²) in [6.45, 7) is 0.771. The minimum atomic E-state index is 0.143. The summed E-state index contributed by atoms with van der Waals surface area (Å²) in [5, 5.41) is 9.16. The van der Waals surface area contributed by atoms with E-state index in [1.54, 1.807) is 0 Å². The van der Waals surface area contributed by atoms with Gasteiger partial charge in [0.1, 0.15) is 17.9 Å². The molecule has 3 nitrogen and oxygen atoms in total. The van der Waals surface area contributed by atoms with Crippen molar-refractivity contribution in [3.8, 4) is 11.8 Å². The van der Waals surface area contributed by atoms with Crippen LogP contribution in [0.2, 0.25) is 0 Å². The van der Waals surface area contributed by atoms with Crippen molar-refractivity contribution in [1.82, 2.24) is 0 Å². The zero-order chi connectivity index (χ0) is 13.9. The first kappa shape index (κ1) is 12.6. The number of hydrogen-bond acceptors (Lipinski definition) is 3. The standard InChI is InChI=1S/C17H16N2O/c1-19(16-8-4-2-7-14(16)11-18)12-15-10-13-6-3-5-9-17(13)20-15/h2-9,15H,10,12H2,1H3. The smallest absolute Gasteiger partial charge is 0.123 e. The van der Waals surface area contributed by atoms with E-state index in [2.05, 4.69) is 17.0 Å². The molecule has 0 saturated carbocycles. The predicted octanol–water partition coefficient (Wildman–Crippen LogP) is 3.00. The van der Waals surface area contributed by atoms with Crippen LogP contribution in [0.5, 0.6) is 5.75 Å². The molecule has 1 atom stereocenters. The molecule has 1 heterocycles. The van der Waals surface area contributed by atoms with Crippen molar-refractivity contribution in [3.63, 3.8) is 0 Å². The number of para-hydroxylation sites is 2. The molecule has 0 spiro atoms. The van der Waals surface area contributed by atoms with Gasteiger partial charge in [0, 0.05) is 13.5 Å². The Morgan fingerprint density at radius 1 is 1.20 bits per heavy atom. The number of ether oxygens (including phenoxy) is 1. The molecule has 1 unspecified atom stereocenters. The van der Waals surface area contributed by atoms with E-state index in [-0.39, 0.29) is 6.10 Å². The highest BCUT2D eigenvalue weighted by atomic mass is 16.5. The summed E-state index contributed by atoms with van der Waals surface area (Å²) in [5.41, 5.74) is 2.92. The number of nitrogens with zero attached hydrogens (tertiary/aromatic N) is 2. The minimum absolute atomic E-state index is 0.143. The molecule has 0 saturated heterocycles. The molecule has 3 rings (SSSR count). The monoisotopic (exact) mass is 264 g/mol. The van der Waals surface area contributed by atoms with Crippen LogP contribution in [-0.4, -0.2) is 19.7 Å². The Morgan fingerprint density at radius 2 is 1.95 bits per heavy atom. The highest BCUT2D eigenvalue weighted by Gasteiger charge is 2.24. The Labute approximate surface area is 119 Å². The second-order valence-electron chi connectivity index (χ2n) is 5.06. The van der Waals surface area contributed by atoms with E-state index in [4.69, 9.17) is 10.00 Å². The SMILES string of the molecule is CN(CC1Cc2ccccc2O1)c1ccccc1C#N. The Bertz CT molecular complexity index is 635. The summed E-state index contributed by atoms with van der Waals surface area (Å²) in [4.78, 5) is 2.09. The van der Waals surface area contributed by atoms with Gasteiger partial charge in [0.2, 0.25) is 0 Å². The summed E-state index contributed by atoms with van der Waals surface area (Å²) < 4.78 is 5.95. The quantitative estimate of drug-likeness (QED) is 0.855. The van der Waals surface area contributed by atoms with E-state index >= 15 is 0 Å². The van der Waals surface area contributed by atoms with Crippen LogP contribution in [0.15, 0.2) is 48.5 Å². The fourth-order valence-corrected chi connectivity index (χ4v) is 2.66. The van der Waals surface area contributed by atoms with Crippen LogP contribution in [0.25, 0.3) is 0 Å². The van der Waals surface area contributed by atoms with Crippen molar-refractivity contribution >= 4 is 5.69 Å². The lowest BCUT2D eigenvalue weighted by Gasteiger charge is -2.23. The zero-order valence-electron chi connectivity index (χ0n) is 11.4. The number of hydrogen-bond donors (Lipinski definition) is 0. The van der Waals surface area contributed by atoms with Gasteiger partial charge in [0.15, 0.2) is 0 Å². The Morgan fingerprint density at radius 3 is 2.75 bits per heavy atom. The molecule has 1 aliphatic heterocycles. The first-order valence-corrected chi connectivity index (χ1v) is 6.73. The maximum absolute atomic E-state index is 9.16. The van der Waals surface area contributed by atoms with Crippen LogP contribution in [0.4, 0.5) is 5.69 Å². The lowest BCUT2D eigenvalue weighted by molar-refractivity contribution is 0.239. The van der Waals surface area contributed by atoms with Gasteiger partial charge in [0.05, 0.1) is 17.8 Å². The minimum Gasteiger partial charge on any atom is -0.488 e. The van der Waals surface area contributed by atoms with Crippen molar-refractivity contribution < 1.29 is 4.74 Å². The third-order valence-corrected chi connectivity index (χ3v) is 3.63. The Hall–Kier alpha value is -2.47. The van der Waals surface area contributed by atoms with Crippen molar-refractivity contribution in [1.29, 1.82) is 5.26 Å². The average Bonchev–Trinajstić information content (AvgIpc) is 2.89. The second-order valence-corrected chi connectivity index (χ2v) is 5.06. The highest BCUT2D eigenvalue weighted by Crippen LogP contribution is 2.29. The Balaban J connectivity index is 1.72. The Kier molecular flexibility index (Phi) is 3.30. The number of benzene rings is 2. The summed E-state index contributed by atoms with van der Waals surface area (Å²) >= 11 is 0. The van der Waals surface area contributed by atoms with Gasteiger partial charge in [-0.2, -0.15) is 5.26 Å². The van der Waals surface area contributed by atoms with Gasteiger partial charge < -0.3 is 9.64 Å². The molecule has 100 valence electrons. The van der Waals surface area contributed by atoms with Crippen LogP contribution in [0.3, 0.4) is 0 Å². The summed E-state index contributed by atoms with van der Waals surface area (Å²) in [7, 11) is 2.00. The summed E-state index contributed by atoms with van der Waals surface area (Å²) in [6, 6.07) is 18.1. The van der Waals surface area contributed by atoms with Crippen LogP contribution >= 0.6 is 0 Å². The number of fused-ring (bicyclic) bond motifs is 1. The molecule has 0 aromatic heterocycles. The van der Waals surface area contributed by atoms with E-state index in [0.29, 0.717) is 5.56 Å². The molecule has 1 aliphatic rings. The first-order valence-electron chi connectivity index (χ1n) is 6.73. The largest absolute Gasteiger partial charge is 0.488 e. The van der Waals surface area contributed by atoms with Gasteiger partial charge in [0.25, 0.3) is 0 Å². The summed E-state index contributed by atoms with van der Waals surface area (Å²) in [6.07, 6.45) is 1.07. The maximum Gasteiger partial charge on any atom is 0.123 e. The molecular formula is C17H16N2O. The van der Waals surface area contributed by atoms with Gasteiger partial charge in [-0.05, 0) is 23.8 Å². The van der Waals surface area contributed by atoms with Crippen molar-refractivity contribution in [2.24, 2.45) is 0 Å². The van der Waals surface area contributed by atoms with Gasteiger partial charge in [-0.15, -0.1) is 0 Å². The zero-order valence-corrected chi connectivity index (χ0v) is 11.4. The van der Waals surface area contributed by atoms with Gasteiger partial charge in [-0.3, -0.25) is 0 Å². The van der Waals surface area contributed by atoms with Gasteiger partial charge >= 0.3 is 0 Å². The number of likely N-dealkylation sites (N-methyl/N-ethyl adjacent to an activating group) is 1. The third kappa shape index (κ3) is 2.33. The average molecular weight is 264 g/mol. The maximum atomic E-state index is 9.16. The van der Waals surface area contributed by atoms with Crippen molar-refractivity contribution in [2.75, 3.05) is 18.5 Å². The van der Waals surface area contributed by atoms with Crippen LogP contribution in [-0.2, 0) is 6.42 Å². The summed E-state index contributed by atoms with van der Waals surface area (Å²) in [5.74, 6) is 0.986. The van der Waals surface area contributed by atoms with Crippen molar-refractivity contribution in [3.05, 3.63) is 59.7 Å². The van der Waals surface area contributed by atoms with Crippen LogP contribution in [0, 0.1) is 11.3 Å². The topological polar surface area (TPSA) is 36.3 Å². The van der Waals surface area contributed by atoms with Crippen LogP contribution < -0.4 is 9.64 Å². The highest BCUT2D eigenvalue weighted by molar-refractivity contribution is 5.58. The molecule has 3 heteroatoms. The predicted molar refractivity (Wildman–Crippen MR) is 79.0 cm³/mol. The lowest BCUT2D eigenvalue weighted by atomic mass is 10.1. The molecule has 2 aromatic carbocycles. The van der Waals surface area contributed by atoms with Crippen LogP contribution in [0.1, 0.15) is 11.1 Å². The van der Waals surface area contributed by atoms with E-state index in [9.17, 15) is 0 Å². The van der Waals surface area contributed by atoms with Gasteiger partial charge in [-0.25, -0.2) is 0 Å². The molecule has 2 aromatic rings. The molecule has 0 fully saturated rings. The molecule has 20 heavy (non-hydrogen) atoms. The molecular weight excluding hydrogens is 248 g/mol. The molecule has 0 amide bonds. The van der Waals surface area contributed by atoms with E-state index in [0.717, 1.165) is 24.4 Å². The first-order chi connectivity index (χ1) is 9.78. The molecule has 0 N–H and O–H groups in total. The van der Waals surface area contributed by atoms with E-state index < -0.39 is 0 Å². The van der Waals surface area contributed by atoms with E-state index in [1.807, 2.05) is 49.5 Å². The number of anilines is 1. The van der Waals surface area contributed by atoms with Gasteiger partial charge in [-0.1, -0.05) is 30.3 Å². The normalized spacial score (nSPS) is 16.1. The lowest BCUT2D eigenvalue weighted by Crippen LogP contribution is -2.32. The fraction of sp³-hybridized carbons (Fsp3) is 0.235. The molecule has 0 radical (unpaired) electrons. The second kappa shape index (κ2) is 5.26. The molecule has 0 bridgehead atoms. The fourth-order valence-electron chi connectivity index (χ4n) is 2.66. The molecule has 0 aliphatic carbocycles.